The summed E-state index contributed by atoms with van der Waals surface area (Å²) in [6.45, 7) is 2.35. The highest BCUT2D eigenvalue weighted by atomic mass is 32.1. The summed E-state index contributed by atoms with van der Waals surface area (Å²) in [5.74, 6) is 0.383. The Labute approximate surface area is 144 Å². The summed E-state index contributed by atoms with van der Waals surface area (Å²) in [5.41, 5.74) is 1.78. The second kappa shape index (κ2) is 7.19. The van der Waals surface area contributed by atoms with E-state index in [-0.39, 0.29) is 11.7 Å². The number of nitrogens with one attached hydrogen (secondary N) is 1. The molecule has 1 heterocycles. The van der Waals surface area contributed by atoms with E-state index in [9.17, 15) is 9.90 Å². The van der Waals surface area contributed by atoms with Crippen molar-refractivity contribution in [3.8, 4) is 11.5 Å². The lowest BCUT2D eigenvalue weighted by molar-refractivity contribution is 0.102. The molecule has 0 bridgehead atoms. The number of carbonyl (C=O) groups is 1. The number of phenols is 1. The van der Waals surface area contributed by atoms with Gasteiger partial charge >= 0.3 is 0 Å². The lowest BCUT2D eigenvalue weighted by atomic mass is 10.1. The highest BCUT2D eigenvalue weighted by molar-refractivity contribution is 7.09. The minimum absolute atomic E-state index is 0.0495. The molecule has 0 unspecified atom stereocenters. The maximum absolute atomic E-state index is 12.4. The molecule has 0 aliphatic heterocycles. The quantitative estimate of drug-likeness (QED) is 0.668. The maximum Gasteiger partial charge on any atom is 0.255 e. The molecule has 5 heteroatoms. The Kier molecular flexibility index (Phi) is 4.82. The van der Waals surface area contributed by atoms with Crippen LogP contribution in [0.4, 0.5) is 5.69 Å². The molecule has 122 valence electrons. The fourth-order valence-electron chi connectivity index (χ4n) is 2.22. The third-order valence-corrected chi connectivity index (χ3v) is 4.31. The molecule has 0 atom stereocenters. The van der Waals surface area contributed by atoms with Crippen molar-refractivity contribution in [2.75, 3.05) is 5.32 Å². The molecule has 3 aromatic rings. The number of hydrogen-bond donors (Lipinski definition) is 2. The van der Waals surface area contributed by atoms with Crippen LogP contribution in [-0.2, 0) is 6.61 Å². The number of hydrogen-bond acceptors (Lipinski definition) is 4. The number of aryl methyl sites for hydroxylation is 1. The lowest BCUT2D eigenvalue weighted by Gasteiger charge is -2.10. The van der Waals surface area contributed by atoms with Crippen LogP contribution in [0.25, 0.3) is 0 Å². The van der Waals surface area contributed by atoms with Gasteiger partial charge in [-0.1, -0.05) is 18.2 Å². The van der Waals surface area contributed by atoms with Crippen molar-refractivity contribution in [3.05, 3.63) is 76.0 Å². The van der Waals surface area contributed by atoms with Crippen LogP contribution < -0.4 is 10.1 Å². The van der Waals surface area contributed by atoms with Crippen molar-refractivity contribution in [1.29, 1.82) is 0 Å². The van der Waals surface area contributed by atoms with E-state index in [1.165, 1.54) is 0 Å². The predicted molar refractivity (Wildman–Crippen MR) is 95.9 cm³/mol. The fourth-order valence-corrected chi connectivity index (χ4v) is 2.83. The molecule has 0 aliphatic carbocycles. The van der Waals surface area contributed by atoms with E-state index in [1.807, 2.05) is 36.6 Å². The molecule has 0 fully saturated rings. The van der Waals surface area contributed by atoms with Gasteiger partial charge in [-0.15, -0.1) is 11.3 Å². The second-order valence-corrected chi connectivity index (χ2v) is 6.40. The topological polar surface area (TPSA) is 58.6 Å². The number of aromatic hydroxyl groups is 1. The van der Waals surface area contributed by atoms with Crippen molar-refractivity contribution >= 4 is 22.9 Å². The number of phenolic OH excluding ortho intramolecular Hbond substituents is 1. The number of ether oxygens (including phenoxy) is 1. The average Bonchev–Trinajstić information content (AvgIpc) is 3.09. The largest absolute Gasteiger partial charge is 0.506 e. The Morgan fingerprint density at radius 2 is 2.04 bits per heavy atom. The van der Waals surface area contributed by atoms with Crippen molar-refractivity contribution in [3.63, 3.8) is 0 Å². The maximum atomic E-state index is 12.4. The lowest BCUT2D eigenvalue weighted by Crippen LogP contribution is -2.12. The molecular weight excluding hydrogens is 322 g/mol. The third-order valence-electron chi connectivity index (χ3n) is 3.46. The summed E-state index contributed by atoms with van der Waals surface area (Å²) in [7, 11) is 0. The molecular formula is C19H17NO3S. The van der Waals surface area contributed by atoms with Gasteiger partial charge in [0, 0.05) is 10.4 Å². The molecule has 1 aromatic heterocycles. The number of anilines is 1. The van der Waals surface area contributed by atoms with Gasteiger partial charge in [0.15, 0.2) is 0 Å². The molecule has 0 radical (unpaired) electrons. The van der Waals surface area contributed by atoms with Crippen molar-refractivity contribution in [2.24, 2.45) is 0 Å². The number of thiophene rings is 1. The van der Waals surface area contributed by atoms with E-state index >= 15 is 0 Å². The molecule has 0 aliphatic rings. The highest BCUT2D eigenvalue weighted by Gasteiger charge is 2.10. The first-order chi connectivity index (χ1) is 11.6. The SMILES string of the molecule is Cc1ccc(NC(=O)c2cccc(OCc3cccs3)c2)c(O)c1. The molecule has 4 nitrogen and oxygen atoms in total. The van der Waals surface area contributed by atoms with Gasteiger partial charge in [0.25, 0.3) is 5.91 Å². The minimum atomic E-state index is -0.296. The summed E-state index contributed by atoms with van der Waals surface area (Å²) in [5, 5.41) is 14.6. The zero-order valence-corrected chi connectivity index (χ0v) is 14.0. The van der Waals surface area contributed by atoms with Gasteiger partial charge in [0.2, 0.25) is 0 Å². The third kappa shape index (κ3) is 3.94. The molecule has 0 spiro atoms. The van der Waals surface area contributed by atoms with Gasteiger partial charge in [-0.05, 0) is 54.3 Å². The molecule has 24 heavy (non-hydrogen) atoms. The van der Waals surface area contributed by atoms with Gasteiger partial charge in [0.1, 0.15) is 18.1 Å². The fraction of sp³-hybridized carbons (Fsp3) is 0.105. The standard InChI is InChI=1S/C19H17NO3S/c1-13-7-8-17(18(21)10-13)20-19(22)14-4-2-5-15(11-14)23-12-16-6-3-9-24-16/h2-11,21H,12H2,1H3,(H,20,22). The van der Waals surface area contributed by atoms with Crippen molar-refractivity contribution in [1.82, 2.24) is 0 Å². The first-order valence-electron chi connectivity index (χ1n) is 7.48. The normalized spacial score (nSPS) is 10.4. The van der Waals surface area contributed by atoms with E-state index in [2.05, 4.69) is 5.32 Å². The van der Waals surface area contributed by atoms with Crippen molar-refractivity contribution < 1.29 is 14.6 Å². The highest BCUT2D eigenvalue weighted by Crippen LogP contribution is 2.25. The number of amides is 1. The summed E-state index contributed by atoms with van der Waals surface area (Å²) >= 11 is 1.63. The summed E-state index contributed by atoms with van der Waals surface area (Å²) in [4.78, 5) is 13.5. The van der Waals surface area contributed by atoms with E-state index in [4.69, 9.17) is 4.74 Å². The molecule has 2 aromatic carbocycles. The molecule has 0 saturated heterocycles. The van der Waals surface area contributed by atoms with Crippen LogP contribution in [0.5, 0.6) is 11.5 Å². The first-order valence-corrected chi connectivity index (χ1v) is 8.36. The van der Waals surface area contributed by atoms with E-state index in [1.54, 1.807) is 41.7 Å². The van der Waals surface area contributed by atoms with E-state index in [0.29, 0.717) is 23.6 Å². The first kappa shape index (κ1) is 16.1. The van der Waals surface area contributed by atoms with Gasteiger partial charge in [-0.2, -0.15) is 0 Å². The van der Waals surface area contributed by atoms with Crippen LogP contribution >= 0.6 is 11.3 Å². The Morgan fingerprint density at radius 1 is 1.17 bits per heavy atom. The Bertz CT molecular complexity index is 844. The zero-order chi connectivity index (χ0) is 16.9. The van der Waals surface area contributed by atoms with Gasteiger partial charge in [-0.25, -0.2) is 0 Å². The van der Waals surface area contributed by atoms with Gasteiger partial charge in [-0.3, -0.25) is 4.79 Å². The van der Waals surface area contributed by atoms with E-state index in [0.717, 1.165) is 10.4 Å². The Hall–Kier alpha value is -2.79. The number of benzene rings is 2. The Morgan fingerprint density at radius 3 is 2.79 bits per heavy atom. The number of rotatable bonds is 5. The van der Waals surface area contributed by atoms with Crippen LogP contribution in [0.15, 0.2) is 60.0 Å². The van der Waals surface area contributed by atoms with Crippen LogP contribution in [0.1, 0.15) is 20.8 Å². The van der Waals surface area contributed by atoms with Gasteiger partial charge < -0.3 is 15.2 Å². The summed E-state index contributed by atoms with van der Waals surface area (Å²) in [6.07, 6.45) is 0. The van der Waals surface area contributed by atoms with Crippen molar-refractivity contribution in [2.45, 2.75) is 13.5 Å². The predicted octanol–water partition coefficient (Wildman–Crippen LogP) is 4.59. The van der Waals surface area contributed by atoms with Crippen LogP contribution in [0, 0.1) is 6.92 Å². The van der Waals surface area contributed by atoms with Crippen LogP contribution in [-0.4, -0.2) is 11.0 Å². The number of carbonyl (C=O) groups excluding carboxylic acids is 1. The smallest absolute Gasteiger partial charge is 0.255 e. The van der Waals surface area contributed by atoms with Crippen LogP contribution in [0.3, 0.4) is 0 Å². The zero-order valence-electron chi connectivity index (χ0n) is 13.2. The van der Waals surface area contributed by atoms with Gasteiger partial charge in [0.05, 0.1) is 5.69 Å². The summed E-state index contributed by atoms with van der Waals surface area (Å²) < 4.78 is 5.71. The monoisotopic (exact) mass is 339 g/mol. The molecule has 3 rings (SSSR count). The molecule has 2 N–H and O–H groups in total. The summed E-state index contributed by atoms with van der Waals surface area (Å²) in [6, 6.07) is 16.1. The molecule has 1 amide bonds. The minimum Gasteiger partial charge on any atom is -0.506 e. The molecule has 0 saturated carbocycles. The average molecular weight is 339 g/mol. The Balaban J connectivity index is 1.69. The second-order valence-electron chi connectivity index (χ2n) is 5.37. The van der Waals surface area contributed by atoms with Crippen LogP contribution in [0.2, 0.25) is 0 Å². The van der Waals surface area contributed by atoms with E-state index < -0.39 is 0 Å².